The summed E-state index contributed by atoms with van der Waals surface area (Å²) in [4.78, 5) is 13.3. The van der Waals surface area contributed by atoms with Gasteiger partial charge in [-0.2, -0.15) is 5.26 Å². The van der Waals surface area contributed by atoms with Gasteiger partial charge in [-0.05, 0) is 63.1 Å². The molecular weight excluding hydrogens is 314 g/mol. The Morgan fingerprint density at radius 1 is 1.16 bits per heavy atom. The van der Waals surface area contributed by atoms with Gasteiger partial charge in [0.15, 0.2) is 0 Å². The highest BCUT2D eigenvalue weighted by Gasteiger charge is 2.27. The van der Waals surface area contributed by atoms with Crippen molar-refractivity contribution in [3.8, 4) is 6.07 Å². The van der Waals surface area contributed by atoms with E-state index in [0.29, 0.717) is 12.0 Å². The molecule has 1 heterocycles. The minimum absolute atomic E-state index is 0.125. The van der Waals surface area contributed by atoms with Crippen LogP contribution in [-0.2, 0) is 4.79 Å². The van der Waals surface area contributed by atoms with E-state index in [0.717, 1.165) is 69.4 Å². The summed E-state index contributed by atoms with van der Waals surface area (Å²) >= 11 is 0. The van der Waals surface area contributed by atoms with Crippen molar-refractivity contribution in [1.82, 2.24) is 5.32 Å². The van der Waals surface area contributed by atoms with Gasteiger partial charge >= 0.3 is 5.97 Å². The van der Waals surface area contributed by atoms with Crippen LogP contribution in [-0.4, -0.2) is 36.8 Å². The highest BCUT2D eigenvalue weighted by molar-refractivity contribution is 5.70. The molecule has 1 aromatic rings. The molecule has 1 aliphatic heterocycles. The summed E-state index contributed by atoms with van der Waals surface area (Å²) in [6.45, 7) is 2.95. The Kier molecular flexibility index (Phi) is 5.93. The molecule has 1 aromatic carbocycles. The number of carboxylic acid groups (broad SMARTS) is 1. The Bertz CT molecular complexity index is 624. The van der Waals surface area contributed by atoms with Crippen LogP contribution in [0.1, 0.15) is 44.1 Å². The van der Waals surface area contributed by atoms with Crippen LogP contribution in [0.2, 0.25) is 0 Å². The normalized spacial score (nSPS) is 24.7. The number of nitrogens with zero attached hydrogens (tertiary/aromatic N) is 2. The molecule has 0 radical (unpaired) electrons. The van der Waals surface area contributed by atoms with E-state index in [2.05, 4.69) is 16.3 Å². The van der Waals surface area contributed by atoms with Crippen molar-refractivity contribution < 1.29 is 9.90 Å². The summed E-state index contributed by atoms with van der Waals surface area (Å²) in [5, 5.41) is 22.0. The number of nitrogens with one attached hydrogen (secondary N) is 1. The number of anilines is 1. The highest BCUT2D eigenvalue weighted by atomic mass is 16.4. The van der Waals surface area contributed by atoms with Crippen LogP contribution >= 0.6 is 0 Å². The standard InChI is InChI=1S/C20H27N3O2/c21-13-17-3-1-2-4-19(17)23-11-9-18(10-12-23)22-14-15-5-7-16(8-6-15)20(24)25/h1-4,15-16,18,22H,5-12,14H2,(H,24,25). The summed E-state index contributed by atoms with van der Waals surface area (Å²) in [5.74, 6) is -0.135. The molecule has 1 saturated heterocycles. The molecule has 5 nitrogen and oxygen atoms in total. The maximum absolute atomic E-state index is 11.0. The van der Waals surface area contributed by atoms with Gasteiger partial charge in [0.1, 0.15) is 6.07 Å². The summed E-state index contributed by atoms with van der Waals surface area (Å²) in [6, 6.07) is 10.6. The van der Waals surface area contributed by atoms with E-state index in [1.54, 1.807) is 0 Å². The van der Waals surface area contributed by atoms with E-state index in [-0.39, 0.29) is 5.92 Å². The van der Waals surface area contributed by atoms with Crippen LogP contribution in [0.15, 0.2) is 24.3 Å². The van der Waals surface area contributed by atoms with Gasteiger partial charge in [0, 0.05) is 19.1 Å². The number of benzene rings is 1. The van der Waals surface area contributed by atoms with E-state index in [1.165, 1.54) is 0 Å². The Morgan fingerprint density at radius 2 is 1.84 bits per heavy atom. The van der Waals surface area contributed by atoms with Crippen LogP contribution in [0.5, 0.6) is 0 Å². The van der Waals surface area contributed by atoms with Crippen LogP contribution < -0.4 is 10.2 Å². The number of nitriles is 1. The quantitative estimate of drug-likeness (QED) is 0.861. The topological polar surface area (TPSA) is 76.4 Å². The molecule has 0 bridgehead atoms. The molecule has 0 amide bonds. The molecule has 2 N–H and O–H groups in total. The largest absolute Gasteiger partial charge is 0.481 e. The van der Waals surface area contributed by atoms with E-state index in [1.807, 2.05) is 24.3 Å². The Labute approximate surface area is 149 Å². The molecule has 0 spiro atoms. The maximum Gasteiger partial charge on any atom is 0.306 e. The zero-order valence-electron chi connectivity index (χ0n) is 14.7. The molecule has 0 aromatic heterocycles. The zero-order chi connectivity index (χ0) is 17.6. The number of rotatable bonds is 5. The van der Waals surface area contributed by atoms with Gasteiger partial charge in [0.2, 0.25) is 0 Å². The van der Waals surface area contributed by atoms with Gasteiger partial charge in [-0.3, -0.25) is 4.79 Å². The van der Waals surface area contributed by atoms with Gasteiger partial charge < -0.3 is 15.3 Å². The van der Waals surface area contributed by atoms with Crippen molar-refractivity contribution >= 4 is 11.7 Å². The molecule has 1 aliphatic carbocycles. The first-order valence-electron chi connectivity index (χ1n) is 9.37. The second kappa shape index (κ2) is 8.35. The third-order valence-corrected chi connectivity index (χ3v) is 5.75. The van der Waals surface area contributed by atoms with Crippen molar-refractivity contribution in [1.29, 1.82) is 5.26 Å². The number of hydrogen-bond acceptors (Lipinski definition) is 4. The zero-order valence-corrected chi connectivity index (χ0v) is 14.7. The van der Waals surface area contributed by atoms with Crippen molar-refractivity contribution in [2.24, 2.45) is 11.8 Å². The van der Waals surface area contributed by atoms with E-state index in [4.69, 9.17) is 5.11 Å². The predicted octanol–water partition coefficient (Wildman–Crippen LogP) is 3.01. The minimum Gasteiger partial charge on any atom is -0.481 e. The molecule has 1 saturated carbocycles. The van der Waals surface area contributed by atoms with Crippen LogP contribution in [0.25, 0.3) is 0 Å². The fraction of sp³-hybridized carbons (Fsp3) is 0.600. The Morgan fingerprint density at radius 3 is 2.48 bits per heavy atom. The first-order chi connectivity index (χ1) is 12.2. The van der Waals surface area contributed by atoms with E-state index < -0.39 is 5.97 Å². The molecular formula is C20H27N3O2. The SMILES string of the molecule is N#Cc1ccccc1N1CCC(NCC2CCC(C(=O)O)CC2)CC1. The van der Waals surface area contributed by atoms with Crippen LogP contribution in [0, 0.1) is 23.2 Å². The van der Waals surface area contributed by atoms with Crippen LogP contribution in [0.3, 0.4) is 0 Å². The number of para-hydroxylation sites is 1. The van der Waals surface area contributed by atoms with Crippen molar-refractivity contribution in [2.45, 2.75) is 44.6 Å². The predicted molar refractivity (Wildman–Crippen MR) is 97.5 cm³/mol. The fourth-order valence-electron chi connectivity index (χ4n) is 4.12. The molecule has 2 aliphatic rings. The molecule has 2 fully saturated rings. The molecule has 0 unspecified atom stereocenters. The first kappa shape index (κ1) is 17.8. The molecule has 25 heavy (non-hydrogen) atoms. The van der Waals surface area contributed by atoms with Gasteiger partial charge in [0.05, 0.1) is 17.2 Å². The summed E-state index contributed by atoms with van der Waals surface area (Å²) < 4.78 is 0. The molecule has 5 heteroatoms. The number of hydrogen-bond donors (Lipinski definition) is 2. The minimum atomic E-state index is -0.628. The van der Waals surface area contributed by atoms with Crippen molar-refractivity contribution in [3.63, 3.8) is 0 Å². The molecule has 134 valence electrons. The lowest BCUT2D eigenvalue weighted by atomic mass is 9.82. The van der Waals surface area contributed by atoms with E-state index in [9.17, 15) is 10.1 Å². The van der Waals surface area contributed by atoms with Crippen molar-refractivity contribution in [2.75, 3.05) is 24.5 Å². The maximum atomic E-state index is 11.0. The number of carbonyl (C=O) groups is 1. The van der Waals surface area contributed by atoms with Gasteiger partial charge in [-0.1, -0.05) is 12.1 Å². The molecule has 3 rings (SSSR count). The lowest BCUT2D eigenvalue weighted by Gasteiger charge is -2.35. The lowest BCUT2D eigenvalue weighted by Crippen LogP contribution is -2.44. The summed E-state index contributed by atoms with van der Waals surface area (Å²) in [7, 11) is 0. The Balaban J connectivity index is 1.41. The monoisotopic (exact) mass is 341 g/mol. The summed E-state index contributed by atoms with van der Waals surface area (Å²) in [6.07, 6.45) is 5.88. The first-order valence-corrected chi connectivity index (χ1v) is 9.37. The number of aliphatic carboxylic acids is 1. The van der Waals surface area contributed by atoms with Gasteiger partial charge in [0.25, 0.3) is 0 Å². The van der Waals surface area contributed by atoms with Crippen molar-refractivity contribution in [3.05, 3.63) is 29.8 Å². The Hall–Kier alpha value is -2.06. The van der Waals surface area contributed by atoms with Crippen LogP contribution in [0.4, 0.5) is 5.69 Å². The average Bonchev–Trinajstić information content (AvgIpc) is 2.67. The van der Waals surface area contributed by atoms with E-state index >= 15 is 0 Å². The van der Waals surface area contributed by atoms with Gasteiger partial charge in [-0.15, -0.1) is 0 Å². The number of carboxylic acids is 1. The molecule has 0 atom stereocenters. The summed E-state index contributed by atoms with van der Waals surface area (Å²) in [5.41, 5.74) is 1.81. The lowest BCUT2D eigenvalue weighted by molar-refractivity contribution is -0.143. The third kappa shape index (κ3) is 4.52. The number of piperidine rings is 1. The fourth-order valence-corrected chi connectivity index (χ4v) is 4.12. The smallest absolute Gasteiger partial charge is 0.306 e. The second-order valence-electron chi connectivity index (χ2n) is 7.35. The second-order valence-corrected chi connectivity index (χ2v) is 7.35. The van der Waals surface area contributed by atoms with Gasteiger partial charge in [-0.25, -0.2) is 0 Å². The highest BCUT2D eigenvalue weighted by Crippen LogP contribution is 2.29. The average molecular weight is 341 g/mol. The third-order valence-electron chi connectivity index (χ3n) is 5.75.